The van der Waals surface area contributed by atoms with Crippen LogP contribution in [0.5, 0.6) is 0 Å². The second-order valence-corrected chi connectivity index (χ2v) is 2.43. The Kier molecular flexibility index (Phi) is 25.3. The minimum Gasteiger partial charge on any atom is -0.344 e. The zero-order chi connectivity index (χ0) is 8.36. The Bertz CT molecular complexity index is 62.0. The highest BCUT2D eigenvalue weighted by atomic mass is 14.9. The molecule has 0 aromatic carbocycles. The lowest BCUT2D eigenvalue weighted by molar-refractivity contribution is 0.602. The largest absolute Gasteiger partial charge is 0.344 e. The molecule has 0 aromatic heterocycles. The minimum atomic E-state index is 0. The molecule has 13 heavy (non-hydrogen) atoms. The van der Waals surface area contributed by atoms with Gasteiger partial charge in [0.2, 0.25) is 0 Å². The average molecular weight is 194 g/mol. The van der Waals surface area contributed by atoms with Crippen molar-refractivity contribution in [2.24, 2.45) is 11.5 Å². The maximum absolute atomic E-state index is 5.30. The minimum absolute atomic E-state index is 0. The van der Waals surface area contributed by atoms with Crippen LogP contribution in [0.4, 0.5) is 0 Å². The van der Waals surface area contributed by atoms with Crippen molar-refractivity contribution in [2.75, 3.05) is 39.3 Å². The Hall–Kier alpha value is -0.240. The maximum atomic E-state index is 5.30. The molecule has 0 saturated carbocycles. The van der Waals surface area contributed by atoms with E-state index in [0.717, 1.165) is 45.7 Å². The molecule has 0 aliphatic carbocycles. The standard InChI is InChI=1S/C7H20N4.2H3N/c8-2-6-10-4-1-5-11-7-3-9;;/h10-11H,1-9H2;2*1H3. The van der Waals surface area contributed by atoms with Gasteiger partial charge in [-0.25, -0.2) is 0 Å². The molecule has 0 unspecified atom stereocenters. The molecule has 0 heterocycles. The van der Waals surface area contributed by atoms with Crippen molar-refractivity contribution in [3.05, 3.63) is 0 Å². The Morgan fingerprint density at radius 1 is 0.692 bits per heavy atom. The van der Waals surface area contributed by atoms with E-state index in [9.17, 15) is 0 Å². The van der Waals surface area contributed by atoms with Gasteiger partial charge in [0, 0.05) is 26.2 Å². The van der Waals surface area contributed by atoms with Gasteiger partial charge in [-0.15, -0.1) is 0 Å². The summed E-state index contributed by atoms with van der Waals surface area (Å²) in [4.78, 5) is 0. The van der Waals surface area contributed by atoms with E-state index in [2.05, 4.69) is 10.6 Å². The zero-order valence-corrected chi connectivity index (χ0v) is 8.52. The fourth-order valence-corrected chi connectivity index (χ4v) is 0.793. The lowest BCUT2D eigenvalue weighted by Gasteiger charge is -2.03. The summed E-state index contributed by atoms with van der Waals surface area (Å²) in [6, 6.07) is 0. The van der Waals surface area contributed by atoms with Crippen LogP contribution in [0.3, 0.4) is 0 Å². The number of hydrogen-bond donors (Lipinski definition) is 6. The number of nitrogens with two attached hydrogens (primary N) is 2. The highest BCUT2D eigenvalue weighted by Gasteiger charge is 1.86. The van der Waals surface area contributed by atoms with E-state index in [1.165, 1.54) is 0 Å². The third kappa shape index (κ3) is 18.6. The van der Waals surface area contributed by atoms with Gasteiger partial charge in [0.15, 0.2) is 0 Å². The van der Waals surface area contributed by atoms with Crippen molar-refractivity contribution in [1.29, 1.82) is 0 Å². The maximum Gasteiger partial charge on any atom is 0.00745 e. The summed E-state index contributed by atoms with van der Waals surface area (Å²) in [5.41, 5.74) is 10.6. The molecular formula is C7H26N6. The number of rotatable bonds is 8. The first-order valence-electron chi connectivity index (χ1n) is 4.23. The second kappa shape index (κ2) is 17.7. The van der Waals surface area contributed by atoms with Gasteiger partial charge in [-0.3, -0.25) is 0 Å². The predicted molar refractivity (Wildman–Crippen MR) is 58.5 cm³/mol. The molecule has 0 radical (unpaired) electrons. The molecule has 12 N–H and O–H groups in total. The third-order valence-electron chi connectivity index (χ3n) is 1.35. The van der Waals surface area contributed by atoms with Crippen LogP contribution in [-0.4, -0.2) is 39.3 Å². The van der Waals surface area contributed by atoms with Crippen LogP contribution < -0.4 is 34.4 Å². The molecule has 0 spiro atoms. The van der Waals surface area contributed by atoms with E-state index in [1.807, 2.05) is 0 Å². The van der Waals surface area contributed by atoms with Crippen LogP contribution in [0.1, 0.15) is 6.42 Å². The summed E-state index contributed by atoms with van der Waals surface area (Å²) in [5, 5.41) is 6.43. The molecule has 6 nitrogen and oxygen atoms in total. The monoisotopic (exact) mass is 194 g/mol. The van der Waals surface area contributed by atoms with Crippen LogP contribution in [0.15, 0.2) is 0 Å². The predicted octanol–water partition coefficient (Wildman–Crippen LogP) is -1.20. The van der Waals surface area contributed by atoms with E-state index in [1.54, 1.807) is 0 Å². The van der Waals surface area contributed by atoms with Gasteiger partial charge in [0.25, 0.3) is 0 Å². The molecule has 0 rings (SSSR count). The summed E-state index contributed by atoms with van der Waals surface area (Å²) in [7, 11) is 0. The highest BCUT2D eigenvalue weighted by molar-refractivity contribution is 4.51. The van der Waals surface area contributed by atoms with Crippen LogP contribution >= 0.6 is 0 Å². The highest BCUT2D eigenvalue weighted by Crippen LogP contribution is 1.71. The molecule has 0 saturated heterocycles. The molecule has 0 bridgehead atoms. The summed E-state index contributed by atoms with van der Waals surface area (Å²) < 4.78 is 0. The van der Waals surface area contributed by atoms with Crippen molar-refractivity contribution >= 4 is 0 Å². The molecular weight excluding hydrogens is 168 g/mol. The molecule has 6 heteroatoms. The second-order valence-electron chi connectivity index (χ2n) is 2.43. The molecule has 0 aromatic rings. The van der Waals surface area contributed by atoms with Crippen LogP contribution in [0, 0.1) is 0 Å². The van der Waals surface area contributed by atoms with E-state index < -0.39 is 0 Å². The van der Waals surface area contributed by atoms with Gasteiger partial charge >= 0.3 is 0 Å². The average Bonchev–Trinajstić information content (AvgIpc) is 2.03. The van der Waals surface area contributed by atoms with Crippen molar-refractivity contribution in [3.63, 3.8) is 0 Å². The fourth-order valence-electron chi connectivity index (χ4n) is 0.793. The summed E-state index contributed by atoms with van der Waals surface area (Å²) in [6.07, 6.45) is 1.14. The smallest absolute Gasteiger partial charge is 0.00745 e. The summed E-state index contributed by atoms with van der Waals surface area (Å²) >= 11 is 0. The van der Waals surface area contributed by atoms with Crippen molar-refractivity contribution in [2.45, 2.75) is 6.42 Å². The van der Waals surface area contributed by atoms with Gasteiger partial charge < -0.3 is 34.4 Å². The van der Waals surface area contributed by atoms with Gasteiger partial charge in [-0.05, 0) is 19.5 Å². The van der Waals surface area contributed by atoms with Gasteiger partial charge in [0.05, 0.1) is 0 Å². The van der Waals surface area contributed by atoms with Crippen LogP contribution in [0.25, 0.3) is 0 Å². The summed E-state index contributed by atoms with van der Waals surface area (Å²) in [5.74, 6) is 0. The lowest BCUT2D eigenvalue weighted by atomic mass is 10.4. The molecule has 0 fully saturated rings. The Labute approximate surface area is 81.0 Å². The van der Waals surface area contributed by atoms with Gasteiger partial charge in [0.1, 0.15) is 0 Å². The van der Waals surface area contributed by atoms with Crippen molar-refractivity contribution in [1.82, 2.24) is 22.9 Å². The van der Waals surface area contributed by atoms with Crippen molar-refractivity contribution in [3.8, 4) is 0 Å². The number of nitrogens with one attached hydrogen (secondary N) is 2. The Morgan fingerprint density at radius 2 is 1.08 bits per heavy atom. The topological polar surface area (TPSA) is 146 Å². The SMILES string of the molecule is N.N.NCCNCCCNCCN. The molecule has 0 aliphatic rings. The Balaban J connectivity index is -0.000000500. The third-order valence-corrected chi connectivity index (χ3v) is 1.35. The van der Waals surface area contributed by atoms with Crippen LogP contribution in [-0.2, 0) is 0 Å². The quantitative estimate of drug-likeness (QED) is 0.267. The van der Waals surface area contributed by atoms with E-state index in [-0.39, 0.29) is 12.3 Å². The molecule has 84 valence electrons. The fraction of sp³-hybridized carbons (Fsp3) is 1.00. The molecule has 0 amide bonds. The first-order chi connectivity index (χ1) is 5.41. The lowest BCUT2D eigenvalue weighted by Crippen LogP contribution is -2.28. The Morgan fingerprint density at radius 3 is 1.38 bits per heavy atom. The van der Waals surface area contributed by atoms with Crippen LogP contribution in [0.2, 0.25) is 0 Å². The van der Waals surface area contributed by atoms with Gasteiger partial charge in [-0.1, -0.05) is 0 Å². The number of hydrogen-bond acceptors (Lipinski definition) is 6. The van der Waals surface area contributed by atoms with E-state index in [0.29, 0.717) is 0 Å². The first kappa shape index (κ1) is 18.5. The summed E-state index contributed by atoms with van der Waals surface area (Å²) in [6.45, 7) is 5.34. The van der Waals surface area contributed by atoms with E-state index in [4.69, 9.17) is 11.5 Å². The normalized spacial score (nSPS) is 8.77. The van der Waals surface area contributed by atoms with Gasteiger partial charge in [-0.2, -0.15) is 0 Å². The first-order valence-corrected chi connectivity index (χ1v) is 4.23. The van der Waals surface area contributed by atoms with E-state index >= 15 is 0 Å². The molecule has 0 aliphatic heterocycles. The zero-order valence-electron chi connectivity index (χ0n) is 8.52. The van der Waals surface area contributed by atoms with Crippen molar-refractivity contribution < 1.29 is 0 Å². The molecule has 0 atom stereocenters.